The molecule has 1 fully saturated rings. The van der Waals surface area contributed by atoms with E-state index in [0.717, 1.165) is 19.8 Å². The quantitative estimate of drug-likeness (QED) is 0.606. The monoisotopic (exact) mass is 258 g/mol. The maximum atomic E-state index is 11.4. The fourth-order valence-corrected chi connectivity index (χ4v) is 2.02. The maximum absolute atomic E-state index is 11.4. The molecule has 1 saturated carbocycles. The molecule has 0 saturated heterocycles. The third-order valence-corrected chi connectivity index (χ3v) is 2.94. The first-order chi connectivity index (χ1) is 8.56. The average molecular weight is 258 g/mol. The average Bonchev–Trinajstić information content (AvgIpc) is 2.30. The molecule has 18 heavy (non-hydrogen) atoms. The molecule has 0 heterocycles. The molecule has 1 aliphatic rings. The second-order valence-electron chi connectivity index (χ2n) is 4.80. The number of aliphatic carboxylic acids is 1. The molecular formula is C14H26O4. The van der Waals surface area contributed by atoms with Crippen molar-refractivity contribution in [3.63, 3.8) is 0 Å². The Hall–Kier alpha value is -1.06. The molecule has 0 amide bonds. The predicted octanol–water partition coefficient (Wildman–Crippen LogP) is 3.39. The molecule has 0 aromatic rings. The van der Waals surface area contributed by atoms with Gasteiger partial charge in [0.25, 0.3) is 5.97 Å². The van der Waals surface area contributed by atoms with Crippen molar-refractivity contribution >= 4 is 11.9 Å². The largest absolute Gasteiger partial charge is 0.481 e. The lowest BCUT2D eigenvalue weighted by atomic mass is 9.87. The summed E-state index contributed by atoms with van der Waals surface area (Å²) >= 11 is 0. The van der Waals surface area contributed by atoms with Gasteiger partial charge in [0.15, 0.2) is 0 Å². The Labute approximate surface area is 110 Å². The van der Waals surface area contributed by atoms with E-state index in [2.05, 4.69) is 6.92 Å². The molecule has 0 aromatic carbocycles. The minimum absolute atomic E-state index is 0.0188. The molecule has 0 aromatic heterocycles. The summed E-state index contributed by atoms with van der Waals surface area (Å²) in [6.07, 6.45) is 9.14. The minimum atomic E-state index is -0.833. The molecule has 0 spiro atoms. The zero-order valence-electron chi connectivity index (χ0n) is 11.6. The van der Waals surface area contributed by atoms with Crippen LogP contribution in [0.15, 0.2) is 0 Å². The Bertz CT molecular complexity index is 228. The van der Waals surface area contributed by atoms with Gasteiger partial charge >= 0.3 is 5.97 Å². The number of carbonyl (C=O) groups excluding carboxylic acids is 1. The summed E-state index contributed by atoms with van der Waals surface area (Å²) < 4.78 is 5.15. The predicted molar refractivity (Wildman–Crippen MR) is 70.4 cm³/mol. The molecule has 1 aliphatic carbocycles. The molecule has 1 N–H and O–H groups in total. The Morgan fingerprint density at radius 3 is 2.28 bits per heavy atom. The van der Waals surface area contributed by atoms with Gasteiger partial charge in [0.1, 0.15) is 0 Å². The molecule has 0 bridgehead atoms. The number of ether oxygens (including phenoxy) is 1. The highest BCUT2D eigenvalue weighted by Gasteiger charge is 2.17. The van der Waals surface area contributed by atoms with E-state index in [1.807, 2.05) is 0 Å². The third-order valence-electron chi connectivity index (χ3n) is 2.94. The summed E-state index contributed by atoms with van der Waals surface area (Å²) in [6.45, 7) is 3.80. The molecule has 106 valence electrons. The van der Waals surface area contributed by atoms with Crippen molar-refractivity contribution in [3.8, 4) is 0 Å². The molecule has 0 unspecified atom stereocenters. The fraction of sp³-hybridized carbons (Fsp3) is 0.857. The molecule has 4 heteroatoms. The van der Waals surface area contributed by atoms with Crippen molar-refractivity contribution in [1.29, 1.82) is 0 Å². The van der Waals surface area contributed by atoms with Crippen molar-refractivity contribution in [2.75, 3.05) is 6.61 Å². The van der Waals surface area contributed by atoms with Crippen LogP contribution in [0, 0.1) is 5.92 Å². The minimum Gasteiger partial charge on any atom is -0.481 e. The molecule has 0 aliphatic heterocycles. The number of carboxylic acid groups (broad SMARTS) is 1. The molecule has 0 atom stereocenters. The van der Waals surface area contributed by atoms with Crippen LogP contribution in [0.4, 0.5) is 0 Å². The summed E-state index contributed by atoms with van der Waals surface area (Å²) in [6, 6.07) is 0. The highest BCUT2D eigenvalue weighted by molar-refractivity contribution is 5.69. The zero-order valence-corrected chi connectivity index (χ0v) is 11.6. The first-order valence-corrected chi connectivity index (χ1v) is 6.91. The van der Waals surface area contributed by atoms with Gasteiger partial charge < -0.3 is 9.84 Å². The van der Waals surface area contributed by atoms with Crippen molar-refractivity contribution < 1.29 is 19.4 Å². The van der Waals surface area contributed by atoms with Gasteiger partial charge in [0.05, 0.1) is 6.61 Å². The summed E-state index contributed by atoms with van der Waals surface area (Å²) in [5, 5.41) is 7.42. The van der Waals surface area contributed by atoms with Gasteiger partial charge in [-0.25, -0.2) is 0 Å². The van der Waals surface area contributed by atoms with Crippen LogP contribution in [-0.2, 0) is 14.3 Å². The van der Waals surface area contributed by atoms with Crippen LogP contribution in [0.25, 0.3) is 0 Å². The maximum Gasteiger partial charge on any atom is 0.306 e. The normalized spacial score (nSPS) is 15.4. The Morgan fingerprint density at radius 1 is 1.22 bits per heavy atom. The van der Waals surface area contributed by atoms with E-state index in [0.29, 0.717) is 18.9 Å². The Kier molecular flexibility index (Phi) is 10.4. The number of carboxylic acids is 1. The standard InChI is InChI=1S/C12H22O2.C2H4O2/c1-2-3-9-14-12(13)10-11-7-5-4-6-8-11;1-2(3)4/h11H,2-10H2,1H3;1H3,(H,3,4). The lowest BCUT2D eigenvalue weighted by Gasteiger charge is -2.20. The second kappa shape index (κ2) is 11.1. The van der Waals surface area contributed by atoms with E-state index in [-0.39, 0.29) is 5.97 Å². The van der Waals surface area contributed by atoms with Crippen LogP contribution in [0.2, 0.25) is 0 Å². The number of rotatable bonds is 5. The van der Waals surface area contributed by atoms with Gasteiger partial charge in [0, 0.05) is 13.3 Å². The first kappa shape index (κ1) is 16.9. The van der Waals surface area contributed by atoms with Crippen LogP contribution >= 0.6 is 0 Å². The van der Waals surface area contributed by atoms with Crippen LogP contribution in [0.5, 0.6) is 0 Å². The lowest BCUT2D eigenvalue weighted by Crippen LogP contribution is -2.14. The number of esters is 1. The fourth-order valence-electron chi connectivity index (χ4n) is 2.02. The van der Waals surface area contributed by atoms with Crippen LogP contribution < -0.4 is 0 Å². The molecule has 4 nitrogen and oxygen atoms in total. The van der Waals surface area contributed by atoms with Crippen molar-refractivity contribution in [2.45, 2.75) is 65.2 Å². The first-order valence-electron chi connectivity index (χ1n) is 6.91. The van der Waals surface area contributed by atoms with Crippen LogP contribution in [0.3, 0.4) is 0 Å². The van der Waals surface area contributed by atoms with Crippen molar-refractivity contribution in [1.82, 2.24) is 0 Å². The van der Waals surface area contributed by atoms with Crippen LogP contribution in [-0.4, -0.2) is 23.7 Å². The second-order valence-corrected chi connectivity index (χ2v) is 4.80. The van der Waals surface area contributed by atoms with E-state index < -0.39 is 5.97 Å². The van der Waals surface area contributed by atoms with Gasteiger partial charge in [-0.05, 0) is 25.2 Å². The van der Waals surface area contributed by atoms with E-state index in [9.17, 15) is 4.79 Å². The van der Waals surface area contributed by atoms with Gasteiger partial charge in [-0.3, -0.25) is 9.59 Å². The third kappa shape index (κ3) is 11.4. The summed E-state index contributed by atoms with van der Waals surface area (Å²) in [7, 11) is 0. The van der Waals surface area contributed by atoms with Crippen molar-refractivity contribution in [3.05, 3.63) is 0 Å². The van der Waals surface area contributed by atoms with E-state index in [1.54, 1.807) is 0 Å². The van der Waals surface area contributed by atoms with E-state index in [1.165, 1.54) is 32.1 Å². The SMILES string of the molecule is CC(=O)O.CCCCOC(=O)CC1CCCCC1. The number of carbonyl (C=O) groups is 2. The summed E-state index contributed by atoms with van der Waals surface area (Å²) in [5.74, 6) is -0.205. The van der Waals surface area contributed by atoms with E-state index in [4.69, 9.17) is 14.6 Å². The van der Waals surface area contributed by atoms with Gasteiger partial charge in [-0.2, -0.15) is 0 Å². The lowest BCUT2D eigenvalue weighted by molar-refractivity contribution is -0.145. The van der Waals surface area contributed by atoms with Crippen LogP contribution in [0.1, 0.15) is 65.2 Å². The Balaban J connectivity index is 0.000000631. The molecule has 0 radical (unpaired) electrons. The van der Waals surface area contributed by atoms with Gasteiger partial charge in [0.2, 0.25) is 0 Å². The zero-order chi connectivity index (χ0) is 13.8. The molecule has 1 rings (SSSR count). The topological polar surface area (TPSA) is 63.6 Å². The smallest absolute Gasteiger partial charge is 0.306 e. The van der Waals surface area contributed by atoms with Crippen molar-refractivity contribution in [2.24, 2.45) is 5.92 Å². The highest BCUT2D eigenvalue weighted by Crippen LogP contribution is 2.26. The number of hydrogen-bond acceptors (Lipinski definition) is 3. The summed E-state index contributed by atoms with van der Waals surface area (Å²) in [4.78, 5) is 20.4. The summed E-state index contributed by atoms with van der Waals surface area (Å²) in [5.41, 5.74) is 0. The van der Waals surface area contributed by atoms with Gasteiger partial charge in [-0.15, -0.1) is 0 Å². The Morgan fingerprint density at radius 2 is 1.78 bits per heavy atom. The van der Waals surface area contributed by atoms with E-state index >= 15 is 0 Å². The number of unbranched alkanes of at least 4 members (excludes halogenated alkanes) is 1. The van der Waals surface area contributed by atoms with Gasteiger partial charge in [-0.1, -0.05) is 32.6 Å². The highest BCUT2D eigenvalue weighted by atomic mass is 16.5. The molecular weight excluding hydrogens is 232 g/mol. The number of hydrogen-bond donors (Lipinski definition) is 1.